The Balaban J connectivity index is 1.67. The van der Waals surface area contributed by atoms with Crippen LogP contribution >= 0.6 is 0 Å². The number of piperidine rings is 1. The predicted octanol–water partition coefficient (Wildman–Crippen LogP) is 2.26. The lowest BCUT2D eigenvalue weighted by atomic mass is 9.91. The summed E-state index contributed by atoms with van der Waals surface area (Å²) in [5, 5.41) is 18.0. The quantitative estimate of drug-likeness (QED) is 0.839. The number of carbonyl (C=O) groups excluding carboxylic acids is 1. The minimum atomic E-state index is -1.29. The van der Waals surface area contributed by atoms with Crippen LogP contribution in [-0.4, -0.2) is 46.4 Å². The number of aliphatic hydroxyl groups is 1. The molecule has 6 heteroatoms. The maximum atomic E-state index is 12.0. The molecule has 1 atom stereocenters. The first-order chi connectivity index (χ1) is 11.1. The van der Waals surface area contributed by atoms with E-state index < -0.39 is 12.1 Å². The fourth-order valence-corrected chi connectivity index (χ4v) is 2.73. The first-order valence-electron chi connectivity index (χ1n) is 7.92. The monoisotopic (exact) mass is 321 g/mol. The van der Waals surface area contributed by atoms with Crippen LogP contribution in [-0.2, 0) is 16.1 Å². The number of aliphatic hydroxyl groups excluding tert-OH is 1. The Bertz CT molecular complexity index is 511. The van der Waals surface area contributed by atoms with Crippen LogP contribution in [0.1, 0.15) is 31.2 Å². The zero-order valence-electron chi connectivity index (χ0n) is 13.1. The smallest absolute Gasteiger partial charge is 0.410 e. The Morgan fingerprint density at radius 1 is 1.22 bits per heavy atom. The van der Waals surface area contributed by atoms with Crippen LogP contribution < -0.4 is 0 Å². The zero-order valence-corrected chi connectivity index (χ0v) is 13.1. The van der Waals surface area contributed by atoms with Crippen LogP contribution in [0, 0.1) is 5.92 Å². The number of carbonyl (C=O) groups is 2. The summed E-state index contributed by atoms with van der Waals surface area (Å²) in [4.78, 5) is 24.3. The van der Waals surface area contributed by atoms with E-state index in [1.54, 1.807) is 4.90 Å². The molecule has 0 aliphatic carbocycles. The lowest BCUT2D eigenvalue weighted by molar-refractivity contribution is -0.147. The highest BCUT2D eigenvalue weighted by Crippen LogP contribution is 2.23. The number of carboxylic acid groups (broad SMARTS) is 1. The average molecular weight is 321 g/mol. The largest absolute Gasteiger partial charge is 0.479 e. The standard InChI is InChI=1S/C17H23NO5/c19-15(16(20)21)7-6-13-8-10-18(11-9-13)17(22)23-12-14-4-2-1-3-5-14/h1-5,13,15,19H,6-12H2,(H,20,21). The van der Waals surface area contributed by atoms with Crippen molar-refractivity contribution in [3.05, 3.63) is 35.9 Å². The van der Waals surface area contributed by atoms with Crippen molar-refractivity contribution in [1.82, 2.24) is 4.90 Å². The Hall–Kier alpha value is -2.08. The second kappa shape index (κ2) is 8.53. The molecule has 0 aromatic heterocycles. The van der Waals surface area contributed by atoms with Gasteiger partial charge >= 0.3 is 12.1 Å². The van der Waals surface area contributed by atoms with Gasteiger partial charge in [-0.1, -0.05) is 30.3 Å². The van der Waals surface area contributed by atoms with Gasteiger partial charge in [0.1, 0.15) is 6.61 Å². The summed E-state index contributed by atoms with van der Waals surface area (Å²) in [7, 11) is 0. The van der Waals surface area contributed by atoms with Gasteiger partial charge in [-0.3, -0.25) is 0 Å². The third-order valence-corrected chi connectivity index (χ3v) is 4.21. The van der Waals surface area contributed by atoms with Crippen molar-refractivity contribution >= 4 is 12.1 Å². The maximum Gasteiger partial charge on any atom is 0.410 e. The van der Waals surface area contributed by atoms with E-state index in [0.717, 1.165) is 18.4 Å². The Kier molecular flexibility index (Phi) is 6.40. The van der Waals surface area contributed by atoms with E-state index in [0.29, 0.717) is 25.4 Å². The molecule has 1 aromatic carbocycles. The highest BCUT2D eigenvalue weighted by molar-refractivity contribution is 5.71. The predicted molar refractivity (Wildman–Crippen MR) is 83.8 cm³/mol. The highest BCUT2D eigenvalue weighted by Gasteiger charge is 2.25. The first-order valence-corrected chi connectivity index (χ1v) is 7.92. The lowest BCUT2D eigenvalue weighted by Gasteiger charge is -2.31. The molecule has 1 unspecified atom stereocenters. The number of nitrogens with zero attached hydrogens (tertiary/aromatic N) is 1. The number of likely N-dealkylation sites (tertiary alicyclic amines) is 1. The number of amides is 1. The van der Waals surface area contributed by atoms with Crippen molar-refractivity contribution in [2.75, 3.05) is 13.1 Å². The maximum absolute atomic E-state index is 12.0. The van der Waals surface area contributed by atoms with Crippen LogP contribution in [0.4, 0.5) is 4.79 Å². The molecule has 1 heterocycles. The van der Waals surface area contributed by atoms with Crippen molar-refractivity contribution in [3.63, 3.8) is 0 Å². The summed E-state index contributed by atoms with van der Waals surface area (Å²) < 4.78 is 5.30. The SMILES string of the molecule is O=C(O)C(O)CCC1CCN(C(=O)OCc2ccccc2)CC1. The molecule has 1 aromatic rings. The van der Waals surface area contributed by atoms with Gasteiger partial charge in [0, 0.05) is 13.1 Å². The summed E-state index contributed by atoms with van der Waals surface area (Å²) in [5.74, 6) is -0.825. The van der Waals surface area contributed by atoms with Crippen molar-refractivity contribution in [3.8, 4) is 0 Å². The van der Waals surface area contributed by atoms with E-state index in [1.165, 1.54) is 0 Å². The van der Waals surface area contributed by atoms with E-state index in [-0.39, 0.29) is 19.1 Å². The molecule has 1 aliphatic rings. The summed E-state index contributed by atoms with van der Waals surface area (Å²) >= 11 is 0. The van der Waals surface area contributed by atoms with E-state index in [2.05, 4.69) is 0 Å². The molecule has 6 nitrogen and oxygen atoms in total. The molecular formula is C17H23NO5. The van der Waals surface area contributed by atoms with Crippen LogP contribution in [0.15, 0.2) is 30.3 Å². The molecule has 0 radical (unpaired) electrons. The second-order valence-corrected chi connectivity index (χ2v) is 5.90. The number of hydrogen-bond acceptors (Lipinski definition) is 4. The molecule has 0 saturated carbocycles. The topological polar surface area (TPSA) is 87.1 Å². The Morgan fingerprint density at radius 2 is 1.87 bits per heavy atom. The molecule has 0 bridgehead atoms. The average Bonchev–Trinajstić information content (AvgIpc) is 2.58. The van der Waals surface area contributed by atoms with Gasteiger partial charge in [-0.25, -0.2) is 9.59 Å². The van der Waals surface area contributed by atoms with Crippen LogP contribution in [0.2, 0.25) is 0 Å². The van der Waals surface area contributed by atoms with Gasteiger partial charge in [0.2, 0.25) is 0 Å². The molecular weight excluding hydrogens is 298 g/mol. The molecule has 1 fully saturated rings. The van der Waals surface area contributed by atoms with Crippen molar-refractivity contribution < 1.29 is 24.5 Å². The van der Waals surface area contributed by atoms with Gasteiger partial charge in [-0.2, -0.15) is 0 Å². The van der Waals surface area contributed by atoms with E-state index >= 15 is 0 Å². The number of benzene rings is 1. The Labute approximate surface area is 135 Å². The molecule has 1 aliphatic heterocycles. The fraction of sp³-hybridized carbons (Fsp3) is 0.529. The molecule has 2 N–H and O–H groups in total. The third kappa shape index (κ3) is 5.56. The lowest BCUT2D eigenvalue weighted by Crippen LogP contribution is -2.39. The van der Waals surface area contributed by atoms with E-state index in [4.69, 9.17) is 9.84 Å². The van der Waals surface area contributed by atoms with Gasteiger partial charge in [-0.05, 0) is 37.2 Å². The number of hydrogen-bond donors (Lipinski definition) is 2. The summed E-state index contributed by atoms with van der Waals surface area (Å²) in [6, 6.07) is 9.54. The molecule has 126 valence electrons. The van der Waals surface area contributed by atoms with Gasteiger partial charge in [0.25, 0.3) is 0 Å². The minimum absolute atomic E-state index is 0.262. The minimum Gasteiger partial charge on any atom is -0.479 e. The van der Waals surface area contributed by atoms with Gasteiger partial charge in [-0.15, -0.1) is 0 Å². The first kappa shape index (κ1) is 17.3. The number of rotatable bonds is 6. The van der Waals surface area contributed by atoms with E-state index in [1.807, 2.05) is 30.3 Å². The molecule has 1 amide bonds. The summed E-state index contributed by atoms with van der Waals surface area (Å²) in [5.41, 5.74) is 0.957. The number of carboxylic acids is 1. The van der Waals surface area contributed by atoms with Crippen molar-refractivity contribution in [2.45, 2.75) is 38.4 Å². The van der Waals surface area contributed by atoms with Crippen molar-refractivity contribution in [1.29, 1.82) is 0 Å². The molecule has 23 heavy (non-hydrogen) atoms. The number of ether oxygens (including phenoxy) is 1. The summed E-state index contributed by atoms with van der Waals surface area (Å²) in [6.07, 6.45) is 0.958. The zero-order chi connectivity index (χ0) is 16.7. The van der Waals surface area contributed by atoms with Crippen LogP contribution in [0.3, 0.4) is 0 Å². The van der Waals surface area contributed by atoms with Crippen LogP contribution in [0.25, 0.3) is 0 Å². The van der Waals surface area contributed by atoms with Crippen LogP contribution in [0.5, 0.6) is 0 Å². The molecule has 0 spiro atoms. The number of aliphatic carboxylic acids is 1. The van der Waals surface area contributed by atoms with E-state index in [9.17, 15) is 14.7 Å². The second-order valence-electron chi connectivity index (χ2n) is 5.90. The normalized spacial score (nSPS) is 16.8. The van der Waals surface area contributed by atoms with Crippen molar-refractivity contribution in [2.24, 2.45) is 5.92 Å². The Morgan fingerprint density at radius 3 is 2.48 bits per heavy atom. The molecule has 1 saturated heterocycles. The molecule has 2 rings (SSSR count). The third-order valence-electron chi connectivity index (χ3n) is 4.21. The fourth-order valence-electron chi connectivity index (χ4n) is 2.73. The van der Waals surface area contributed by atoms with Gasteiger partial charge in [0.05, 0.1) is 0 Å². The summed E-state index contributed by atoms with van der Waals surface area (Å²) in [6.45, 7) is 1.49. The van der Waals surface area contributed by atoms with Gasteiger partial charge < -0.3 is 19.8 Å². The van der Waals surface area contributed by atoms with Gasteiger partial charge in [0.15, 0.2) is 6.10 Å². The highest BCUT2D eigenvalue weighted by atomic mass is 16.6.